The molecule has 0 saturated heterocycles. The fourth-order valence-electron chi connectivity index (χ4n) is 0.814. The van der Waals surface area contributed by atoms with Crippen molar-refractivity contribution in [2.75, 3.05) is 0 Å². The van der Waals surface area contributed by atoms with Crippen molar-refractivity contribution < 1.29 is 14.8 Å². The molecule has 1 aromatic carbocycles. The van der Waals surface area contributed by atoms with E-state index in [0.717, 1.165) is 6.07 Å². The van der Waals surface area contributed by atoms with Gasteiger partial charge in [0.25, 0.3) is 5.69 Å². The van der Waals surface area contributed by atoms with Crippen molar-refractivity contribution in [3.8, 4) is 0 Å². The highest BCUT2D eigenvalue weighted by atomic mass is 24.3. The van der Waals surface area contributed by atoms with Crippen molar-refractivity contribution in [3.05, 3.63) is 39.9 Å². The number of carboxylic acid groups (broad SMARTS) is 1. The van der Waals surface area contributed by atoms with Crippen LogP contribution in [0, 0.1) is 10.1 Å². The fourth-order valence-corrected chi connectivity index (χ4v) is 0.814. The van der Waals surface area contributed by atoms with Gasteiger partial charge in [0.15, 0.2) is 0 Å². The molecule has 0 heterocycles. The van der Waals surface area contributed by atoms with Gasteiger partial charge in [-0.3, -0.25) is 10.1 Å². The summed E-state index contributed by atoms with van der Waals surface area (Å²) in [5.41, 5.74) is -0.674. The van der Waals surface area contributed by atoms with Gasteiger partial charge in [-0.1, -0.05) is 12.1 Å². The molecule has 0 saturated carbocycles. The first-order valence-corrected chi connectivity index (χ1v) is 3.09. The van der Waals surface area contributed by atoms with E-state index in [0.29, 0.717) is 0 Å². The summed E-state index contributed by atoms with van der Waals surface area (Å²) in [5.74, 6) is -1.29. The van der Waals surface area contributed by atoms with Gasteiger partial charge in [0.1, 0.15) is 5.56 Å². The van der Waals surface area contributed by atoms with Crippen LogP contribution in [0.25, 0.3) is 0 Å². The van der Waals surface area contributed by atoms with Crippen LogP contribution >= 0.6 is 0 Å². The summed E-state index contributed by atoms with van der Waals surface area (Å²) < 4.78 is 0. The Balaban J connectivity index is 0.00000144. The molecular formula is C7H5MgNO4. The van der Waals surface area contributed by atoms with E-state index < -0.39 is 10.9 Å². The second-order valence-corrected chi connectivity index (χ2v) is 2.08. The van der Waals surface area contributed by atoms with Crippen LogP contribution in [0.3, 0.4) is 0 Å². The third-order valence-electron chi connectivity index (χ3n) is 1.33. The van der Waals surface area contributed by atoms with Crippen LogP contribution in [-0.2, 0) is 0 Å². The van der Waals surface area contributed by atoms with Crippen molar-refractivity contribution in [1.82, 2.24) is 0 Å². The van der Waals surface area contributed by atoms with E-state index in [2.05, 4.69) is 0 Å². The van der Waals surface area contributed by atoms with Crippen LogP contribution in [0.5, 0.6) is 0 Å². The van der Waals surface area contributed by atoms with Crippen LogP contribution in [-0.4, -0.2) is 39.1 Å². The molecule has 1 rings (SSSR count). The van der Waals surface area contributed by atoms with E-state index >= 15 is 0 Å². The summed E-state index contributed by atoms with van der Waals surface area (Å²) in [7, 11) is 0. The molecule has 1 N–H and O–H groups in total. The Morgan fingerprint density at radius 1 is 1.38 bits per heavy atom. The first-order chi connectivity index (χ1) is 5.63. The van der Waals surface area contributed by atoms with Crippen LogP contribution in [0.15, 0.2) is 24.3 Å². The number of hydrogen-bond acceptors (Lipinski definition) is 3. The van der Waals surface area contributed by atoms with Crippen LogP contribution in [0.1, 0.15) is 10.4 Å². The molecule has 0 aliphatic carbocycles. The largest absolute Gasteiger partial charge is 0.477 e. The Labute approximate surface area is 89.7 Å². The van der Waals surface area contributed by atoms with E-state index in [1.54, 1.807) is 0 Å². The van der Waals surface area contributed by atoms with Crippen molar-refractivity contribution in [2.24, 2.45) is 0 Å². The zero-order valence-corrected chi connectivity index (χ0v) is 8.05. The van der Waals surface area contributed by atoms with Gasteiger partial charge in [0.2, 0.25) is 0 Å². The van der Waals surface area contributed by atoms with Gasteiger partial charge in [0.05, 0.1) is 4.92 Å². The van der Waals surface area contributed by atoms with E-state index in [4.69, 9.17) is 5.11 Å². The third kappa shape index (κ3) is 2.67. The Hall–Kier alpha value is -1.14. The van der Waals surface area contributed by atoms with Crippen molar-refractivity contribution in [1.29, 1.82) is 0 Å². The molecule has 13 heavy (non-hydrogen) atoms. The lowest BCUT2D eigenvalue weighted by Gasteiger charge is -1.94. The maximum Gasteiger partial charge on any atom is 0.342 e. The molecule has 0 aliphatic rings. The SMILES string of the molecule is O=C(O)c1ccccc1[N+](=O)[O-].[Mg]. The molecule has 0 aliphatic heterocycles. The van der Waals surface area contributed by atoms with Crippen LogP contribution in [0.4, 0.5) is 5.69 Å². The zero-order valence-electron chi connectivity index (χ0n) is 6.64. The molecule has 0 amide bonds. The molecule has 1 aromatic rings. The quantitative estimate of drug-likeness (QED) is 0.428. The summed E-state index contributed by atoms with van der Waals surface area (Å²) in [4.78, 5) is 20.0. The van der Waals surface area contributed by atoms with Gasteiger partial charge < -0.3 is 5.11 Å². The van der Waals surface area contributed by atoms with Crippen molar-refractivity contribution >= 4 is 34.7 Å². The lowest BCUT2D eigenvalue weighted by atomic mass is 10.2. The molecule has 0 bridgehead atoms. The average molecular weight is 191 g/mol. The summed E-state index contributed by atoms with van der Waals surface area (Å²) in [6, 6.07) is 5.21. The molecule has 6 heteroatoms. The molecule has 2 radical (unpaired) electrons. The number of aromatic carboxylic acids is 1. The zero-order chi connectivity index (χ0) is 9.14. The topological polar surface area (TPSA) is 80.4 Å². The molecular weight excluding hydrogens is 186 g/mol. The Kier molecular flexibility index (Phi) is 4.36. The van der Waals surface area contributed by atoms with Gasteiger partial charge in [-0.05, 0) is 6.07 Å². The lowest BCUT2D eigenvalue weighted by Crippen LogP contribution is -2.01. The number of rotatable bonds is 2. The lowest BCUT2D eigenvalue weighted by molar-refractivity contribution is -0.385. The molecule has 0 fully saturated rings. The van der Waals surface area contributed by atoms with Gasteiger partial charge in [-0.15, -0.1) is 0 Å². The summed E-state index contributed by atoms with van der Waals surface area (Å²) >= 11 is 0. The average Bonchev–Trinajstić information content (AvgIpc) is 2.04. The maximum absolute atomic E-state index is 10.4. The normalized spacial score (nSPS) is 8.62. The number of nitro groups is 1. The minimum Gasteiger partial charge on any atom is -0.477 e. The molecule has 0 atom stereocenters. The Bertz CT molecular complexity index is 306. The number of benzene rings is 1. The minimum atomic E-state index is -1.29. The highest BCUT2D eigenvalue weighted by molar-refractivity contribution is 5.92. The van der Waals surface area contributed by atoms with Crippen molar-refractivity contribution in [2.45, 2.75) is 0 Å². The molecule has 0 unspecified atom stereocenters. The second kappa shape index (κ2) is 4.78. The van der Waals surface area contributed by atoms with Gasteiger partial charge in [0, 0.05) is 29.1 Å². The highest BCUT2D eigenvalue weighted by Crippen LogP contribution is 2.16. The first kappa shape index (κ1) is 11.9. The van der Waals surface area contributed by atoms with Gasteiger partial charge in [-0.2, -0.15) is 0 Å². The van der Waals surface area contributed by atoms with E-state index in [9.17, 15) is 14.9 Å². The first-order valence-electron chi connectivity index (χ1n) is 3.09. The molecule has 0 aromatic heterocycles. The standard InChI is InChI=1S/C7H5NO4.Mg/c9-7(10)5-3-1-2-4-6(5)8(11)12;/h1-4H,(H,9,10);. The van der Waals surface area contributed by atoms with E-state index in [-0.39, 0.29) is 34.3 Å². The second-order valence-electron chi connectivity index (χ2n) is 2.08. The number of carboxylic acids is 1. The molecule has 64 valence electrons. The van der Waals surface area contributed by atoms with Crippen molar-refractivity contribution in [3.63, 3.8) is 0 Å². The Morgan fingerprint density at radius 3 is 2.31 bits per heavy atom. The number of hydrogen-bond donors (Lipinski definition) is 1. The molecule has 0 spiro atoms. The predicted molar refractivity (Wildman–Crippen MR) is 45.8 cm³/mol. The predicted octanol–water partition coefficient (Wildman–Crippen LogP) is 0.912. The summed E-state index contributed by atoms with van der Waals surface area (Å²) in [5, 5.41) is 18.8. The summed E-state index contributed by atoms with van der Waals surface area (Å²) in [6.07, 6.45) is 0. The number of nitro benzene ring substituents is 1. The smallest absolute Gasteiger partial charge is 0.342 e. The van der Waals surface area contributed by atoms with Crippen LogP contribution < -0.4 is 0 Å². The summed E-state index contributed by atoms with van der Waals surface area (Å²) in [6.45, 7) is 0. The van der Waals surface area contributed by atoms with E-state index in [1.165, 1.54) is 18.2 Å². The Morgan fingerprint density at radius 2 is 1.92 bits per heavy atom. The van der Waals surface area contributed by atoms with Gasteiger partial charge >= 0.3 is 5.97 Å². The van der Waals surface area contributed by atoms with Gasteiger partial charge in [-0.25, -0.2) is 4.79 Å². The minimum absolute atomic E-state index is 0. The number of para-hydroxylation sites is 1. The fraction of sp³-hybridized carbons (Fsp3) is 0. The van der Waals surface area contributed by atoms with Crippen LogP contribution in [0.2, 0.25) is 0 Å². The number of carbonyl (C=O) groups is 1. The third-order valence-corrected chi connectivity index (χ3v) is 1.33. The highest BCUT2D eigenvalue weighted by Gasteiger charge is 2.17. The van der Waals surface area contributed by atoms with E-state index in [1.807, 2.05) is 0 Å². The maximum atomic E-state index is 10.4. The number of nitrogens with zero attached hydrogens (tertiary/aromatic N) is 1. The molecule has 5 nitrogen and oxygen atoms in total. The monoisotopic (exact) mass is 191 g/mol.